The van der Waals surface area contributed by atoms with Gasteiger partial charge < -0.3 is 29.7 Å². The van der Waals surface area contributed by atoms with Crippen LogP contribution in [0.15, 0.2) is 36.4 Å². The molecule has 2 saturated carbocycles. The van der Waals surface area contributed by atoms with Gasteiger partial charge in [-0.2, -0.15) is 4.98 Å². The van der Waals surface area contributed by atoms with Crippen LogP contribution >= 0.6 is 0 Å². The molecular formula is C40H51F4N5O9S. The zero-order valence-corrected chi connectivity index (χ0v) is 34.6. The van der Waals surface area contributed by atoms with Gasteiger partial charge in [0.15, 0.2) is 5.60 Å². The number of alkyl carbamates (subject to hydrolysis) is 1. The number of allylic oxidation sites excluding steroid dienone is 1. The molecule has 6 rings (SSSR count). The molecule has 4 aliphatic rings. The lowest BCUT2D eigenvalue weighted by atomic mass is 9.88. The molecule has 59 heavy (non-hydrogen) atoms. The SMILES string of the molecule is COc1cc2cc(F)ccc2c(O[C@@H]2C[C@H]3C(=O)N[C@]4(C(=O)NS(=O)(=O)C5(CF)CC5)C[C@H]4/C=C\CC[C@@H](C)C[C@@H](C)[C@H](NC(=O)OC(C)(C)C(C)(F)F)C(=O)N3C2)n1. The number of nitrogens with one attached hydrogen (secondary N) is 3. The van der Waals surface area contributed by atoms with E-state index in [1.807, 2.05) is 17.7 Å². The quantitative estimate of drug-likeness (QED) is 0.215. The number of aromatic nitrogens is 1. The number of halogens is 4. The topological polar surface area (TPSA) is 182 Å². The lowest BCUT2D eigenvalue weighted by Gasteiger charge is -2.35. The van der Waals surface area contributed by atoms with Gasteiger partial charge in [-0.25, -0.2) is 30.8 Å². The molecule has 3 N–H and O–H groups in total. The van der Waals surface area contributed by atoms with E-state index in [1.54, 1.807) is 13.0 Å². The molecule has 4 amide bonds. The molecular weight excluding hydrogens is 803 g/mol. The zero-order chi connectivity index (χ0) is 43.3. The average Bonchev–Trinajstić information content (AvgIpc) is 4.05. The standard InChI is InChI=1S/C40H51F4N5O9S/c1-22-9-7-8-10-25-19-40(25,35(52)48-59(54,55)39(21-41)13-14-39)47-32(50)29-18-27(57-33-28-12-11-26(42)16-24(28)17-30(45-33)56-6)20-49(29)34(51)31(23(2)15-22)46-36(53)58-37(3,4)38(5,43)44/h8,10-12,16-17,22-23,25,27,29,31H,7,9,13-15,18-21H2,1-6H3,(H,46,53)(H,47,50)(H,48,52)/b10-8-/t22-,23-,25-,27-,29+,31+,40-/m1/s1. The number of carbonyl (C=O) groups excluding carboxylic acids is 4. The van der Waals surface area contributed by atoms with Crippen molar-refractivity contribution >= 4 is 44.6 Å². The van der Waals surface area contributed by atoms with Crippen molar-refractivity contribution in [3.63, 3.8) is 0 Å². The fourth-order valence-corrected chi connectivity index (χ4v) is 9.18. The molecule has 2 aliphatic heterocycles. The molecule has 1 saturated heterocycles. The van der Waals surface area contributed by atoms with Gasteiger partial charge in [0.05, 0.1) is 13.7 Å². The Labute approximate surface area is 340 Å². The minimum Gasteiger partial charge on any atom is -0.481 e. The number of hydrogen-bond donors (Lipinski definition) is 3. The lowest BCUT2D eigenvalue weighted by Crippen LogP contribution is -2.60. The average molecular weight is 854 g/mol. The Morgan fingerprint density at radius 1 is 1.10 bits per heavy atom. The third-order valence-corrected chi connectivity index (χ3v) is 14.3. The summed E-state index contributed by atoms with van der Waals surface area (Å²) in [5.41, 5.74) is -4.04. The number of hydrogen-bond acceptors (Lipinski definition) is 10. The van der Waals surface area contributed by atoms with E-state index in [1.165, 1.54) is 31.4 Å². The molecule has 0 spiro atoms. The number of pyridine rings is 1. The summed E-state index contributed by atoms with van der Waals surface area (Å²) in [4.78, 5) is 62.1. The molecule has 0 unspecified atom stereocenters. The molecule has 0 radical (unpaired) electrons. The highest BCUT2D eigenvalue weighted by molar-refractivity contribution is 7.91. The van der Waals surface area contributed by atoms with Crippen molar-refractivity contribution in [2.24, 2.45) is 17.8 Å². The van der Waals surface area contributed by atoms with E-state index in [-0.39, 0.29) is 49.9 Å². The Kier molecular flexibility index (Phi) is 11.9. The lowest BCUT2D eigenvalue weighted by molar-refractivity contribution is -0.152. The minimum atomic E-state index is -4.47. The number of fused-ring (bicyclic) bond motifs is 3. The van der Waals surface area contributed by atoms with Crippen LogP contribution in [0.5, 0.6) is 11.8 Å². The Balaban J connectivity index is 1.37. The number of sulfonamides is 1. The first-order valence-electron chi connectivity index (χ1n) is 19.7. The Morgan fingerprint density at radius 2 is 1.81 bits per heavy atom. The number of alkyl halides is 3. The number of carbonyl (C=O) groups is 4. The van der Waals surface area contributed by atoms with Crippen molar-refractivity contribution < 1.29 is 59.4 Å². The normalized spacial score (nSPS) is 29.2. The third kappa shape index (κ3) is 8.94. The third-order valence-electron chi connectivity index (χ3n) is 12.2. The molecule has 3 heterocycles. The Hall–Kier alpha value is -4.68. The van der Waals surface area contributed by atoms with Crippen LogP contribution in [0, 0.1) is 23.6 Å². The van der Waals surface area contributed by atoms with E-state index in [4.69, 9.17) is 14.2 Å². The van der Waals surface area contributed by atoms with Gasteiger partial charge in [-0.05, 0) is 87.8 Å². The molecule has 2 aromatic rings. The molecule has 324 valence electrons. The predicted octanol–water partition coefficient (Wildman–Crippen LogP) is 5.09. The number of benzene rings is 1. The second-order valence-corrected chi connectivity index (χ2v) is 19.2. The van der Waals surface area contributed by atoms with E-state index in [2.05, 4.69) is 15.6 Å². The fourth-order valence-electron chi connectivity index (χ4n) is 7.75. The van der Waals surface area contributed by atoms with Gasteiger partial charge in [-0.1, -0.05) is 26.0 Å². The van der Waals surface area contributed by atoms with Crippen LogP contribution in [0.2, 0.25) is 0 Å². The maximum atomic E-state index is 14.8. The predicted molar refractivity (Wildman–Crippen MR) is 206 cm³/mol. The van der Waals surface area contributed by atoms with E-state index < -0.39 is 98.2 Å². The number of nitrogens with zero attached hydrogens (tertiary/aromatic N) is 2. The van der Waals surface area contributed by atoms with E-state index >= 15 is 0 Å². The van der Waals surface area contributed by atoms with Crippen LogP contribution < -0.4 is 24.8 Å². The largest absolute Gasteiger partial charge is 0.481 e. The van der Waals surface area contributed by atoms with Crippen molar-refractivity contribution in [3.05, 3.63) is 42.2 Å². The molecule has 1 aromatic heterocycles. The van der Waals surface area contributed by atoms with Crippen molar-refractivity contribution in [2.75, 3.05) is 20.3 Å². The highest BCUT2D eigenvalue weighted by Gasteiger charge is 2.64. The second kappa shape index (κ2) is 16.1. The van der Waals surface area contributed by atoms with Crippen LogP contribution in [0.1, 0.15) is 79.6 Å². The summed E-state index contributed by atoms with van der Waals surface area (Å²) in [6.45, 7) is 4.83. The van der Waals surface area contributed by atoms with Crippen LogP contribution in [-0.4, -0.2) is 102 Å². The summed E-state index contributed by atoms with van der Waals surface area (Å²) in [6.07, 6.45) is 2.64. The highest BCUT2D eigenvalue weighted by Crippen LogP contribution is 2.48. The summed E-state index contributed by atoms with van der Waals surface area (Å²) >= 11 is 0. The summed E-state index contributed by atoms with van der Waals surface area (Å²) in [5.74, 6) is -7.89. The molecule has 3 fully saturated rings. The minimum absolute atomic E-state index is 0.00145. The van der Waals surface area contributed by atoms with Gasteiger partial charge in [0, 0.05) is 30.7 Å². The van der Waals surface area contributed by atoms with Crippen molar-refractivity contribution in [1.82, 2.24) is 25.2 Å². The monoisotopic (exact) mass is 853 g/mol. The number of ether oxygens (including phenoxy) is 3. The van der Waals surface area contributed by atoms with Gasteiger partial charge in [0.25, 0.3) is 11.8 Å². The molecule has 7 atom stereocenters. The van der Waals surface area contributed by atoms with Crippen LogP contribution in [0.25, 0.3) is 10.8 Å². The smallest absolute Gasteiger partial charge is 0.408 e. The molecule has 19 heteroatoms. The first kappa shape index (κ1) is 43.9. The van der Waals surface area contributed by atoms with E-state index in [9.17, 15) is 45.2 Å². The highest BCUT2D eigenvalue weighted by atomic mass is 32.2. The van der Waals surface area contributed by atoms with Gasteiger partial charge in [0.1, 0.15) is 41.0 Å². The maximum Gasteiger partial charge on any atom is 0.408 e. The zero-order valence-electron chi connectivity index (χ0n) is 33.8. The fraction of sp³-hybridized carbons (Fsp3) is 0.625. The van der Waals surface area contributed by atoms with Crippen LogP contribution in [-0.2, 0) is 29.1 Å². The van der Waals surface area contributed by atoms with E-state index in [0.29, 0.717) is 37.0 Å². The van der Waals surface area contributed by atoms with Gasteiger partial charge in [0.2, 0.25) is 33.6 Å². The van der Waals surface area contributed by atoms with Crippen LogP contribution in [0.4, 0.5) is 22.4 Å². The van der Waals surface area contributed by atoms with Crippen molar-refractivity contribution in [3.8, 4) is 11.8 Å². The van der Waals surface area contributed by atoms with Gasteiger partial charge in [-0.3, -0.25) is 19.1 Å². The summed E-state index contributed by atoms with van der Waals surface area (Å²) in [7, 11) is -3.11. The Bertz CT molecular complexity index is 2130. The molecule has 1 aromatic carbocycles. The van der Waals surface area contributed by atoms with Gasteiger partial charge in [-0.15, -0.1) is 0 Å². The van der Waals surface area contributed by atoms with Crippen molar-refractivity contribution in [2.45, 2.75) is 120 Å². The number of amides is 4. The molecule has 0 bridgehead atoms. The second-order valence-electron chi connectivity index (χ2n) is 17.1. The van der Waals surface area contributed by atoms with Crippen molar-refractivity contribution in [1.29, 1.82) is 0 Å². The first-order chi connectivity index (χ1) is 27.5. The molecule has 14 nitrogen and oxygen atoms in total. The summed E-state index contributed by atoms with van der Waals surface area (Å²) in [6, 6.07) is 2.61. The van der Waals surface area contributed by atoms with Gasteiger partial charge >= 0.3 is 6.09 Å². The Morgan fingerprint density at radius 3 is 2.46 bits per heavy atom. The maximum absolute atomic E-state index is 14.8. The summed E-state index contributed by atoms with van der Waals surface area (Å²) < 4.78 is 100. The van der Waals surface area contributed by atoms with Crippen LogP contribution in [0.3, 0.4) is 0 Å². The molecule has 2 aliphatic carbocycles. The number of rotatable bonds is 10. The number of methoxy groups -OCH3 is 1. The van der Waals surface area contributed by atoms with E-state index in [0.717, 1.165) is 18.7 Å². The summed E-state index contributed by atoms with van der Waals surface area (Å²) in [5, 5.41) is 5.99. The first-order valence-corrected chi connectivity index (χ1v) is 21.1.